The highest BCUT2D eigenvalue weighted by atomic mass is 19.4. The minimum Gasteiger partial charge on any atom is -0.374 e. The molecule has 1 aliphatic rings. The van der Waals surface area contributed by atoms with Gasteiger partial charge in [-0.15, -0.1) is 0 Å². The molecule has 0 aromatic heterocycles. The summed E-state index contributed by atoms with van der Waals surface area (Å²) < 4.78 is 77.3. The van der Waals surface area contributed by atoms with Gasteiger partial charge in [-0.25, -0.2) is 0 Å². The summed E-state index contributed by atoms with van der Waals surface area (Å²) >= 11 is 0. The molecule has 2 nitrogen and oxygen atoms in total. The SMILES string of the molecule is C[C@H](CC(O)(C(F)(F)F)C(F)(F)F)[C@@]1(C)CC[C@@H](C=O)C1(C)C. The van der Waals surface area contributed by atoms with Crippen molar-refractivity contribution in [3.05, 3.63) is 0 Å². The summed E-state index contributed by atoms with van der Waals surface area (Å²) in [5, 5.41) is 9.40. The van der Waals surface area contributed by atoms with Crippen LogP contribution in [0.1, 0.15) is 47.0 Å². The maximum atomic E-state index is 12.9. The lowest BCUT2D eigenvalue weighted by atomic mass is 9.58. The number of aldehydes is 1. The molecular weight excluding hydrogens is 326 g/mol. The Kier molecular flexibility index (Phi) is 4.96. The molecule has 136 valence electrons. The zero-order chi connectivity index (χ0) is 18.5. The van der Waals surface area contributed by atoms with Crippen molar-refractivity contribution in [1.29, 1.82) is 0 Å². The molecule has 1 aliphatic carbocycles. The largest absolute Gasteiger partial charge is 0.426 e. The molecule has 1 N–H and O–H groups in total. The number of hydrogen-bond acceptors (Lipinski definition) is 2. The molecule has 0 aliphatic heterocycles. The van der Waals surface area contributed by atoms with E-state index in [0.29, 0.717) is 19.1 Å². The molecule has 23 heavy (non-hydrogen) atoms. The first-order chi connectivity index (χ1) is 10.0. The highest BCUT2D eigenvalue weighted by Gasteiger charge is 2.71. The van der Waals surface area contributed by atoms with Gasteiger partial charge < -0.3 is 9.90 Å². The molecule has 0 unspecified atom stereocenters. The van der Waals surface area contributed by atoms with Crippen molar-refractivity contribution in [3.8, 4) is 0 Å². The molecule has 0 bridgehead atoms. The minimum atomic E-state index is -5.82. The van der Waals surface area contributed by atoms with Gasteiger partial charge in [0, 0.05) is 5.92 Å². The third kappa shape index (κ3) is 2.98. The van der Waals surface area contributed by atoms with Crippen LogP contribution in [-0.4, -0.2) is 29.3 Å². The molecule has 0 aromatic carbocycles. The molecule has 0 radical (unpaired) electrons. The predicted octanol–water partition coefficient (Wildman–Crippen LogP) is 4.51. The Hall–Kier alpha value is -0.790. The molecule has 8 heteroatoms. The first-order valence-electron chi connectivity index (χ1n) is 7.35. The van der Waals surface area contributed by atoms with Crippen molar-refractivity contribution in [2.45, 2.75) is 64.9 Å². The second kappa shape index (κ2) is 5.63. The van der Waals surface area contributed by atoms with Crippen LogP contribution in [0.4, 0.5) is 26.3 Å². The van der Waals surface area contributed by atoms with Crippen LogP contribution in [0, 0.1) is 22.7 Å². The van der Waals surface area contributed by atoms with Gasteiger partial charge in [-0.2, -0.15) is 26.3 Å². The molecule has 0 amide bonds. The summed E-state index contributed by atoms with van der Waals surface area (Å²) in [5.41, 5.74) is -6.44. The number of aliphatic hydroxyl groups is 1. The van der Waals surface area contributed by atoms with E-state index in [2.05, 4.69) is 0 Å². The van der Waals surface area contributed by atoms with Gasteiger partial charge in [0.15, 0.2) is 0 Å². The van der Waals surface area contributed by atoms with Crippen molar-refractivity contribution in [2.75, 3.05) is 0 Å². The Labute approximate surface area is 131 Å². The minimum absolute atomic E-state index is 0.330. The number of hydrogen-bond donors (Lipinski definition) is 1. The van der Waals surface area contributed by atoms with Gasteiger partial charge in [0.2, 0.25) is 0 Å². The van der Waals surface area contributed by atoms with Gasteiger partial charge in [0.1, 0.15) is 6.29 Å². The monoisotopic (exact) mass is 348 g/mol. The molecule has 1 saturated carbocycles. The number of carbonyl (C=O) groups is 1. The second-order valence-electron chi connectivity index (χ2n) is 7.38. The Morgan fingerprint density at radius 1 is 1.13 bits per heavy atom. The van der Waals surface area contributed by atoms with Crippen molar-refractivity contribution in [1.82, 2.24) is 0 Å². The van der Waals surface area contributed by atoms with E-state index in [9.17, 15) is 36.2 Å². The highest BCUT2D eigenvalue weighted by Crippen LogP contribution is 2.61. The predicted molar refractivity (Wildman–Crippen MR) is 71.5 cm³/mol. The van der Waals surface area contributed by atoms with Crippen LogP contribution in [0.25, 0.3) is 0 Å². The first-order valence-corrected chi connectivity index (χ1v) is 7.35. The fraction of sp³-hybridized carbons (Fsp3) is 0.933. The van der Waals surface area contributed by atoms with E-state index in [1.807, 2.05) is 0 Å². The van der Waals surface area contributed by atoms with Crippen LogP contribution in [0.5, 0.6) is 0 Å². The summed E-state index contributed by atoms with van der Waals surface area (Å²) in [5.74, 6) is -1.52. The molecule has 3 atom stereocenters. The average molecular weight is 348 g/mol. The van der Waals surface area contributed by atoms with Gasteiger partial charge in [-0.3, -0.25) is 0 Å². The average Bonchev–Trinajstić information content (AvgIpc) is 2.58. The van der Waals surface area contributed by atoms with Crippen LogP contribution >= 0.6 is 0 Å². The van der Waals surface area contributed by atoms with E-state index in [-0.39, 0.29) is 0 Å². The maximum absolute atomic E-state index is 12.9. The van der Waals surface area contributed by atoms with Gasteiger partial charge in [0.05, 0.1) is 0 Å². The summed E-state index contributed by atoms with van der Waals surface area (Å²) in [7, 11) is 0. The van der Waals surface area contributed by atoms with Crippen LogP contribution < -0.4 is 0 Å². The lowest BCUT2D eigenvalue weighted by Crippen LogP contribution is -2.59. The molecule has 0 saturated heterocycles. The van der Waals surface area contributed by atoms with Crippen molar-refractivity contribution in [3.63, 3.8) is 0 Å². The van der Waals surface area contributed by atoms with Crippen molar-refractivity contribution >= 4 is 6.29 Å². The second-order valence-corrected chi connectivity index (χ2v) is 7.38. The van der Waals surface area contributed by atoms with Crippen LogP contribution in [0.2, 0.25) is 0 Å². The van der Waals surface area contributed by atoms with E-state index in [1.54, 1.807) is 20.8 Å². The number of halogens is 6. The van der Waals surface area contributed by atoms with Gasteiger partial charge in [0.25, 0.3) is 5.60 Å². The zero-order valence-corrected chi connectivity index (χ0v) is 13.5. The van der Waals surface area contributed by atoms with E-state index >= 15 is 0 Å². The highest BCUT2D eigenvalue weighted by molar-refractivity contribution is 5.56. The topological polar surface area (TPSA) is 37.3 Å². The Bertz CT molecular complexity index is 440. The van der Waals surface area contributed by atoms with E-state index in [0.717, 1.165) is 0 Å². The van der Waals surface area contributed by atoms with Crippen LogP contribution in [0.3, 0.4) is 0 Å². The molecule has 0 spiro atoms. The van der Waals surface area contributed by atoms with E-state index in [4.69, 9.17) is 0 Å². The number of rotatable bonds is 4. The summed E-state index contributed by atoms with van der Waals surface area (Å²) in [4.78, 5) is 11.1. The fourth-order valence-electron chi connectivity index (χ4n) is 3.74. The Morgan fingerprint density at radius 2 is 1.57 bits per heavy atom. The van der Waals surface area contributed by atoms with Crippen molar-refractivity contribution < 1.29 is 36.2 Å². The Morgan fingerprint density at radius 3 is 1.87 bits per heavy atom. The van der Waals surface area contributed by atoms with Gasteiger partial charge in [-0.1, -0.05) is 27.7 Å². The van der Waals surface area contributed by atoms with Gasteiger partial charge in [-0.05, 0) is 36.0 Å². The van der Waals surface area contributed by atoms with Crippen LogP contribution in [0.15, 0.2) is 0 Å². The van der Waals surface area contributed by atoms with Crippen molar-refractivity contribution in [2.24, 2.45) is 22.7 Å². The van der Waals surface area contributed by atoms with E-state index in [1.165, 1.54) is 6.92 Å². The molecule has 0 heterocycles. The Balaban J connectivity index is 3.19. The first kappa shape index (κ1) is 20.3. The molecule has 0 aromatic rings. The third-order valence-electron chi connectivity index (χ3n) is 6.17. The zero-order valence-electron chi connectivity index (χ0n) is 13.5. The summed E-state index contributed by atoms with van der Waals surface area (Å²) in [6.07, 6.45) is -11.7. The van der Waals surface area contributed by atoms with E-state index < -0.39 is 47.0 Å². The smallest absolute Gasteiger partial charge is 0.374 e. The third-order valence-corrected chi connectivity index (χ3v) is 6.17. The fourth-order valence-corrected chi connectivity index (χ4v) is 3.74. The lowest BCUT2D eigenvalue weighted by Gasteiger charge is -2.47. The summed E-state index contributed by atoms with van der Waals surface area (Å²) in [6, 6.07) is 0. The maximum Gasteiger partial charge on any atom is 0.426 e. The molecule has 1 rings (SSSR count). The summed E-state index contributed by atoms with van der Waals surface area (Å²) in [6.45, 7) is 6.22. The number of alkyl halides is 6. The molecule has 1 fully saturated rings. The molecular formula is C15H22F6O2. The standard InChI is InChI=1S/C15H22F6O2/c1-9(7-13(23,14(16,17)18)15(19,20)21)12(4)6-5-10(8-22)11(12,2)3/h8-10,23H,5-7H2,1-4H3/t9-,10+,12-/m1/s1. The quantitative estimate of drug-likeness (QED) is 0.600. The van der Waals surface area contributed by atoms with Crippen LogP contribution in [-0.2, 0) is 4.79 Å². The number of carbonyl (C=O) groups excluding carboxylic acids is 1. The lowest BCUT2D eigenvalue weighted by molar-refractivity contribution is -0.374. The normalized spacial score (nSPS) is 30.3. The van der Waals surface area contributed by atoms with Gasteiger partial charge >= 0.3 is 12.4 Å².